The Morgan fingerprint density at radius 3 is 2.27 bits per heavy atom. The van der Waals surface area contributed by atoms with E-state index in [9.17, 15) is 4.79 Å². The molecule has 2 aromatic carbocycles. The highest BCUT2D eigenvalue weighted by Crippen LogP contribution is 2.15. The Morgan fingerprint density at radius 2 is 1.64 bits per heavy atom. The van der Waals surface area contributed by atoms with Crippen molar-refractivity contribution in [1.82, 2.24) is 0 Å². The van der Waals surface area contributed by atoms with E-state index < -0.39 is 0 Å². The van der Waals surface area contributed by atoms with E-state index in [1.165, 1.54) is 22.3 Å². The van der Waals surface area contributed by atoms with Gasteiger partial charge in [0.1, 0.15) is 5.78 Å². The van der Waals surface area contributed by atoms with Gasteiger partial charge in [-0.3, -0.25) is 4.79 Å². The lowest BCUT2D eigenvalue weighted by Gasteiger charge is -2.08. The van der Waals surface area contributed by atoms with Crippen LogP contribution in [-0.2, 0) is 24.1 Å². The summed E-state index contributed by atoms with van der Waals surface area (Å²) in [5.74, 6) is 0.208. The second kappa shape index (κ2) is 7.74. The first kappa shape index (κ1) is 16.2. The summed E-state index contributed by atoms with van der Waals surface area (Å²) in [6.45, 7) is 7.96. The number of ketones is 1. The standard InChI is InChI=1S/C21H24O/c1-16-5-4-6-21(13-16)14-17(2)7-8-19-9-11-20(12-10-19)15-18(3)22/h4-6,9-13H,2,7-8,14-15H2,1,3H3. The van der Waals surface area contributed by atoms with Crippen LogP contribution in [0.4, 0.5) is 0 Å². The molecule has 0 N–H and O–H groups in total. The molecule has 2 aromatic rings. The van der Waals surface area contributed by atoms with Crippen LogP contribution in [0.15, 0.2) is 60.7 Å². The van der Waals surface area contributed by atoms with Crippen molar-refractivity contribution in [3.05, 3.63) is 82.9 Å². The SMILES string of the molecule is C=C(CCc1ccc(CC(C)=O)cc1)Cc1cccc(C)c1. The van der Waals surface area contributed by atoms with Crippen LogP contribution in [0.5, 0.6) is 0 Å². The maximum atomic E-state index is 11.1. The molecule has 1 heteroatoms. The molecule has 0 heterocycles. The normalized spacial score (nSPS) is 10.5. The van der Waals surface area contributed by atoms with Gasteiger partial charge in [-0.1, -0.05) is 66.2 Å². The molecule has 0 fully saturated rings. The summed E-state index contributed by atoms with van der Waals surface area (Å²) in [6, 6.07) is 17.0. The topological polar surface area (TPSA) is 17.1 Å². The monoisotopic (exact) mass is 292 g/mol. The largest absolute Gasteiger partial charge is 0.300 e. The molecule has 0 aromatic heterocycles. The molecule has 0 atom stereocenters. The van der Waals surface area contributed by atoms with Gasteiger partial charge in [0.25, 0.3) is 0 Å². The fourth-order valence-corrected chi connectivity index (χ4v) is 2.63. The van der Waals surface area contributed by atoms with Gasteiger partial charge in [-0.25, -0.2) is 0 Å². The van der Waals surface area contributed by atoms with Crippen LogP contribution in [0.3, 0.4) is 0 Å². The highest BCUT2D eigenvalue weighted by Gasteiger charge is 2.01. The van der Waals surface area contributed by atoms with E-state index in [4.69, 9.17) is 0 Å². The van der Waals surface area contributed by atoms with E-state index in [1.54, 1.807) is 6.92 Å². The van der Waals surface area contributed by atoms with E-state index in [0.717, 1.165) is 24.8 Å². The third-order valence-electron chi connectivity index (χ3n) is 3.78. The Hall–Kier alpha value is -2.15. The van der Waals surface area contributed by atoms with E-state index >= 15 is 0 Å². The molecule has 0 amide bonds. The summed E-state index contributed by atoms with van der Waals surface area (Å²) in [5.41, 5.74) is 6.29. The number of carbonyl (C=O) groups is 1. The van der Waals surface area contributed by atoms with Crippen molar-refractivity contribution in [3.63, 3.8) is 0 Å². The molecule has 22 heavy (non-hydrogen) atoms. The van der Waals surface area contributed by atoms with Gasteiger partial charge in [0, 0.05) is 6.42 Å². The number of allylic oxidation sites excluding steroid dienone is 1. The third-order valence-corrected chi connectivity index (χ3v) is 3.78. The number of carbonyl (C=O) groups excluding carboxylic acids is 1. The van der Waals surface area contributed by atoms with E-state index in [0.29, 0.717) is 6.42 Å². The molecule has 0 saturated heterocycles. The average molecular weight is 292 g/mol. The zero-order chi connectivity index (χ0) is 15.9. The van der Waals surface area contributed by atoms with Gasteiger partial charge >= 0.3 is 0 Å². The first-order chi connectivity index (χ1) is 10.5. The van der Waals surface area contributed by atoms with Gasteiger partial charge in [-0.2, -0.15) is 0 Å². The quantitative estimate of drug-likeness (QED) is 0.666. The van der Waals surface area contributed by atoms with Gasteiger partial charge in [0.05, 0.1) is 0 Å². The lowest BCUT2D eigenvalue weighted by atomic mass is 9.98. The fraction of sp³-hybridized carbons (Fsp3) is 0.286. The van der Waals surface area contributed by atoms with Gasteiger partial charge in [-0.15, -0.1) is 0 Å². The second-order valence-electron chi connectivity index (χ2n) is 6.11. The summed E-state index contributed by atoms with van der Waals surface area (Å²) in [6.07, 6.45) is 3.48. The number of aryl methyl sites for hydroxylation is 2. The minimum absolute atomic E-state index is 0.208. The van der Waals surface area contributed by atoms with Gasteiger partial charge in [0.2, 0.25) is 0 Å². The van der Waals surface area contributed by atoms with Crippen LogP contribution in [0.2, 0.25) is 0 Å². The first-order valence-electron chi connectivity index (χ1n) is 7.82. The predicted octanol–water partition coefficient (Wildman–Crippen LogP) is 4.86. The Balaban J connectivity index is 1.84. The summed E-state index contributed by atoms with van der Waals surface area (Å²) in [5, 5.41) is 0. The summed E-state index contributed by atoms with van der Waals surface area (Å²) in [7, 11) is 0. The molecule has 0 aliphatic heterocycles. The Labute approximate surface area is 133 Å². The van der Waals surface area contributed by atoms with Crippen molar-refractivity contribution in [2.45, 2.75) is 39.5 Å². The predicted molar refractivity (Wildman–Crippen MR) is 93.2 cm³/mol. The zero-order valence-electron chi connectivity index (χ0n) is 13.6. The maximum Gasteiger partial charge on any atom is 0.134 e. The molecule has 0 aliphatic rings. The zero-order valence-corrected chi connectivity index (χ0v) is 13.6. The summed E-state index contributed by atoms with van der Waals surface area (Å²) in [4.78, 5) is 11.1. The molecule has 114 valence electrons. The van der Waals surface area contributed by atoms with Crippen molar-refractivity contribution in [2.24, 2.45) is 0 Å². The van der Waals surface area contributed by atoms with Gasteiger partial charge in [0.15, 0.2) is 0 Å². The Morgan fingerprint density at radius 1 is 0.955 bits per heavy atom. The minimum atomic E-state index is 0.208. The molecular weight excluding hydrogens is 268 g/mol. The molecule has 0 radical (unpaired) electrons. The van der Waals surface area contributed by atoms with Gasteiger partial charge in [-0.05, 0) is 49.8 Å². The Bertz CT molecular complexity index is 650. The molecule has 1 nitrogen and oxygen atoms in total. The molecule has 2 rings (SSSR count). The van der Waals surface area contributed by atoms with Crippen LogP contribution in [0.1, 0.15) is 35.6 Å². The van der Waals surface area contributed by atoms with Crippen molar-refractivity contribution in [2.75, 3.05) is 0 Å². The van der Waals surface area contributed by atoms with E-state index in [-0.39, 0.29) is 5.78 Å². The summed E-state index contributed by atoms with van der Waals surface area (Å²) < 4.78 is 0. The van der Waals surface area contributed by atoms with Gasteiger partial charge < -0.3 is 0 Å². The average Bonchev–Trinajstić information content (AvgIpc) is 2.46. The lowest BCUT2D eigenvalue weighted by Crippen LogP contribution is -1.97. The highest BCUT2D eigenvalue weighted by atomic mass is 16.1. The van der Waals surface area contributed by atoms with Crippen molar-refractivity contribution < 1.29 is 4.79 Å². The molecule has 0 bridgehead atoms. The van der Waals surface area contributed by atoms with Crippen LogP contribution < -0.4 is 0 Å². The van der Waals surface area contributed by atoms with Crippen LogP contribution >= 0.6 is 0 Å². The Kier molecular flexibility index (Phi) is 5.71. The van der Waals surface area contributed by atoms with Crippen molar-refractivity contribution in [1.29, 1.82) is 0 Å². The van der Waals surface area contributed by atoms with Crippen molar-refractivity contribution >= 4 is 5.78 Å². The van der Waals surface area contributed by atoms with Crippen LogP contribution in [0, 0.1) is 6.92 Å². The molecule has 0 aliphatic carbocycles. The number of Topliss-reactive ketones (excluding diaryl/α,β-unsaturated/α-hetero) is 1. The lowest BCUT2D eigenvalue weighted by molar-refractivity contribution is -0.116. The third kappa shape index (κ3) is 5.33. The second-order valence-corrected chi connectivity index (χ2v) is 6.11. The number of hydrogen-bond acceptors (Lipinski definition) is 1. The summed E-state index contributed by atoms with van der Waals surface area (Å²) >= 11 is 0. The maximum absolute atomic E-state index is 11.1. The first-order valence-corrected chi connectivity index (χ1v) is 7.82. The highest BCUT2D eigenvalue weighted by molar-refractivity contribution is 5.78. The smallest absolute Gasteiger partial charge is 0.134 e. The molecule has 0 saturated carbocycles. The minimum Gasteiger partial charge on any atom is -0.300 e. The van der Waals surface area contributed by atoms with E-state index in [1.807, 2.05) is 0 Å². The molecular formula is C21H24O. The van der Waals surface area contributed by atoms with Crippen LogP contribution in [0.25, 0.3) is 0 Å². The number of benzene rings is 2. The number of rotatable bonds is 7. The van der Waals surface area contributed by atoms with E-state index in [2.05, 4.69) is 62.0 Å². The molecule has 0 unspecified atom stereocenters. The number of hydrogen-bond donors (Lipinski definition) is 0. The van der Waals surface area contributed by atoms with Crippen molar-refractivity contribution in [3.8, 4) is 0 Å². The fourth-order valence-electron chi connectivity index (χ4n) is 2.63. The molecule has 0 spiro atoms. The van der Waals surface area contributed by atoms with Crippen LogP contribution in [-0.4, -0.2) is 5.78 Å².